The van der Waals surface area contributed by atoms with Gasteiger partial charge in [0, 0.05) is 14.0 Å². The minimum absolute atomic E-state index is 0. The summed E-state index contributed by atoms with van der Waals surface area (Å²) < 4.78 is 0. The normalized spacial score (nSPS) is 10.2. The minimum atomic E-state index is -0.0255. The van der Waals surface area contributed by atoms with Gasteiger partial charge in [0.15, 0.2) is 0 Å². The second kappa shape index (κ2) is 4.08. The molecule has 1 amide bonds. The molecule has 0 aliphatic carbocycles. The largest absolute Gasteiger partial charge is 0.355 e. The number of hydrogen-bond donors (Lipinski definition) is 1. The predicted octanol–water partition coefficient (Wildman–Crippen LogP) is 2.42. The maximum absolute atomic E-state index is 11.3. The van der Waals surface area contributed by atoms with E-state index in [1.165, 1.54) is 5.56 Å². The average Bonchev–Trinajstić information content (AvgIpc) is 2.17. The molecule has 0 atom stereocenters. The van der Waals surface area contributed by atoms with E-state index in [0.717, 1.165) is 5.56 Å². The Labute approximate surface area is 80.5 Å². The second-order valence-electron chi connectivity index (χ2n) is 3.36. The van der Waals surface area contributed by atoms with Crippen LogP contribution < -0.4 is 5.32 Å². The molecule has 0 radical (unpaired) electrons. The lowest BCUT2D eigenvalue weighted by Gasteiger charge is -2.06. The number of rotatable bonds is 2. The summed E-state index contributed by atoms with van der Waals surface area (Å²) in [6.07, 6.45) is 0. The first-order valence-corrected chi connectivity index (χ1v) is 4.47. The molecule has 13 heavy (non-hydrogen) atoms. The number of benzene rings is 1. The molecule has 0 aliphatic rings. The number of carbonyl (C=O) groups is 1. The lowest BCUT2D eigenvalue weighted by atomic mass is 10.0. The molecule has 0 saturated heterocycles. The van der Waals surface area contributed by atoms with Crippen LogP contribution in [0.1, 0.15) is 37.1 Å². The van der Waals surface area contributed by atoms with Crippen LogP contribution in [-0.4, -0.2) is 13.0 Å². The lowest BCUT2D eigenvalue weighted by Crippen LogP contribution is -2.17. The number of hydrogen-bond acceptors (Lipinski definition) is 1. The van der Waals surface area contributed by atoms with Crippen LogP contribution in [-0.2, 0) is 0 Å². The molecule has 0 unspecified atom stereocenters. The molecule has 0 aliphatic heterocycles. The molecule has 0 bridgehead atoms. The third kappa shape index (κ3) is 2.31. The Morgan fingerprint density at radius 3 is 2.69 bits per heavy atom. The van der Waals surface area contributed by atoms with E-state index in [1.54, 1.807) is 7.05 Å². The van der Waals surface area contributed by atoms with Gasteiger partial charge in [-0.25, -0.2) is 0 Å². The summed E-state index contributed by atoms with van der Waals surface area (Å²) in [6.45, 7) is 4.23. The Bertz CT molecular complexity index is 310. The van der Waals surface area contributed by atoms with Gasteiger partial charge in [-0.2, -0.15) is 0 Å². The van der Waals surface area contributed by atoms with Crippen molar-refractivity contribution in [2.75, 3.05) is 7.05 Å². The first-order valence-electron chi connectivity index (χ1n) is 4.47. The summed E-state index contributed by atoms with van der Waals surface area (Å²) in [6, 6.07) is 7.71. The Hall–Kier alpha value is -1.31. The van der Waals surface area contributed by atoms with E-state index in [-0.39, 0.29) is 7.33 Å². The fourth-order valence-corrected chi connectivity index (χ4v) is 1.18. The van der Waals surface area contributed by atoms with E-state index in [0.29, 0.717) is 5.92 Å². The molecule has 72 valence electrons. The molecule has 1 aromatic rings. The SMILES string of the molecule is CNC(=O)c1cccc(C(C)C)c1.[HH]. The van der Waals surface area contributed by atoms with Crippen LogP contribution in [0.3, 0.4) is 0 Å². The van der Waals surface area contributed by atoms with E-state index in [4.69, 9.17) is 0 Å². The van der Waals surface area contributed by atoms with E-state index in [9.17, 15) is 4.79 Å². The molecule has 1 N–H and O–H groups in total. The van der Waals surface area contributed by atoms with Gasteiger partial charge >= 0.3 is 0 Å². The van der Waals surface area contributed by atoms with Crippen molar-refractivity contribution in [2.45, 2.75) is 19.8 Å². The van der Waals surface area contributed by atoms with Crippen molar-refractivity contribution in [3.63, 3.8) is 0 Å². The predicted molar refractivity (Wildman–Crippen MR) is 56.0 cm³/mol. The van der Waals surface area contributed by atoms with Crippen molar-refractivity contribution in [2.24, 2.45) is 0 Å². The van der Waals surface area contributed by atoms with Gasteiger partial charge in [0.2, 0.25) is 0 Å². The zero-order valence-electron chi connectivity index (χ0n) is 8.29. The van der Waals surface area contributed by atoms with E-state index >= 15 is 0 Å². The summed E-state index contributed by atoms with van der Waals surface area (Å²) in [5.74, 6) is 0.437. The van der Waals surface area contributed by atoms with E-state index in [2.05, 4.69) is 19.2 Å². The molecule has 1 rings (SSSR count). The number of nitrogens with one attached hydrogen (secondary N) is 1. The van der Waals surface area contributed by atoms with Crippen molar-refractivity contribution in [1.82, 2.24) is 5.32 Å². The van der Waals surface area contributed by atoms with E-state index in [1.807, 2.05) is 24.3 Å². The summed E-state index contributed by atoms with van der Waals surface area (Å²) >= 11 is 0. The molecular formula is C11H17NO. The van der Waals surface area contributed by atoms with Gasteiger partial charge in [-0.3, -0.25) is 4.79 Å². The van der Waals surface area contributed by atoms with Crippen LogP contribution in [0, 0.1) is 0 Å². The molecule has 0 heterocycles. The van der Waals surface area contributed by atoms with Gasteiger partial charge in [-0.1, -0.05) is 26.0 Å². The fourth-order valence-electron chi connectivity index (χ4n) is 1.18. The molecule has 0 saturated carbocycles. The first-order chi connectivity index (χ1) is 6.15. The maximum Gasteiger partial charge on any atom is 0.251 e. The third-order valence-corrected chi connectivity index (χ3v) is 2.04. The summed E-state index contributed by atoms with van der Waals surface area (Å²) in [5.41, 5.74) is 1.93. The van der Waals surface area contributed by atoms with Crippen molar-refractivity contribution in [1.29, 1.82) is 0 Å². The van der Waals surface area contributed by atoms with Crippen molar-refractivity contribution in [3.05, 3.63) is 35.4 Å². The maximum atomic E-state index is 11.3. The van der Waals surface area contributed by atoms with Crippen molar-refractivity contribution in [3.8, 4) is 0 Å². The van der Waals surface area contributed by atoms with Crippen LogP contribution >= 0.6 is 0 Å². The van der Waals surface area contributed by atoms with Gasteiger partial charge in [-0.05, 0) is 23.6 Å². The molecule has 2 nitrogen and oxygen atoms in total. The molecular weight excluding hydrogens is 162 g/mol. The highest BCUT2D eigenvalue weighted by Gasteiger charge is 2.04. The zero-order chi connectivity index (χ0) is 9.84. The average molecular weight is 179 g/mol. The van der Waals surface area contributed by atoms with Gasteiger partial charge in [0.25, 0.3) is 5.91 Å². The van der Waals surface area contributed by atoms with Crippen LogP contribution in [0.25, 0.3) is 0 Å². The van der Waals surface area contributed by atoms with Crippen LogP contribution in [0.5, 0.6) is 0 Å². The topological polar surface area (TPSA) is 29.1 Å². The first kappa shape index (κ1) is 9.78. The second-order valence-corrected chi connectivity index (χ2v) is 3.36. The van der Waals surface area contributed by atoms with Crippen LogP contribution in [0.2, 0.25) is 0 Å². The Balaban J connectivity index is 0.00000169. The lowest BCUT2D eigenvalue weighted by molar-refractivity contribution is 0.0963. The minimum Gasteiger partial charge on any atom is -0.355 e. The highest BCUT2D eigenvalue weighted by molar-refractivity contribution is 5.94. The van der Waals surface area contributed by atoms with Gasteiger partial charge < -0.3 is 5.32 Å². The fraction of sp³-hybridized carbons (Fsp3) is 0.364. The summed E-state index contributed by atoms with van der Waals surface area (Å²) in [5, 5.41) is 2.61. The molecule has 2 heteroatoms. The third-order valence-electron chi connectivity index (χ3n) is 2.04. The van der Waals surface area contributed by atoms with Gasteiger partial charge in [-0.15, -0.1) is 0 Å². The zero-order valence-corrected chi connectivity index (χ0v) is 8.29. The highest BCUT2D eigenvalue weighted by atomic mass is 16.1. The standard InChI is InChI=1S/C11H15NO.H2/c1-8(2)9-5-4-6-10(7-9)11(13)12-3;/h4-8H,1-3H3,(H,12,13);1H. The highest BCUT2D eigenvalue weighted by Crippen LogP contribution is 2.15. The van der Waals surface area contributed by atoms with Crippen LogP contribution in [0.15, 0.2) is 24.3 Å². The molecule has 0 aromatic heterocycles. The van der Waals surface area contributed by atoms with Gasteiger partial charge in [0.05, 0.1) is 0 Å². The quantitative estimate of drug-likeness (QED) is 0.742. The smallest absolute Gasteiger partial charge is 0.251 e. The van der Waals surface area contributed by atoms with Crippen molar-refractivity contribution >= 4 is 5.91 Å². The summed E-state index contributed by atoms with van der Waals surface area (Å²) in [7, 11) is 1.64. The van der Waals surface area contributed by atoms with E-state index < -0.39 is 0 Å². The molecule has 0 spiro atoms. The van der Waals surface area contributed by atoms with Gasteiger partial charge in [0.1, 0.15) is 0 Å². The Kier molecular flexibility index (Phi) is 3.07. The number of carbonyl (C=O) groups excluding carboxylic acids is 1. The number of amides is 1. The van der Waals surface area contributed by atoms with Crippen LogP contribution in [0.4, 0.5) is 0 Å². The Morgan fingerprint density at radius 2 is 2.15 bits per heavy atom. The molecule has 0 fully saturated rings. The monoisotopic (exact) mass is 179 g/mol. The molecule has 1 aromatic carbocycles. The van der Waals surface area contributed by atoms with Crippen molar-refractivity contribution < 1.29 is 6.22 Å². The Morgan fingerprint density at radius 1 is 1.46 bits per heavy atom. The summed E-state index contributed by atoms with van der Waals surface area (Å²) in [4.78, 5) is 11.3.